The summed E-state index contributed by atoms with van der Waals surface area (Å²) in [5, 5.41) is 10.6. The molecular formula is C19H20N2O6S. The van der Waals surface area contributed by atoms with Crippen LogP contribution in [0.25, 0.3) is 0 Å². The van der Waals surface area contributed by atoms with Gasteiger partial charge >= 0.3 is 0 Å². The molecule has 2 aromatic rings. The summed E-state index contributed by atoms with van der Waals surface area (Å²) < 4.78 is 16.2. The van der Waals surface area contributed by atoms with E-state index in [9.17, 15) is 14.9 Å². The van der Waals surface area contributed by atoms with Crippen LogP contribution in [0.2, 0.25) is 0 Å². The lowest BCUT2D eigenvalue weighted by Gasteiger charge is -2.26. The lowest BCUT2D eigenvalue weighted by molar-refractivity contribution is -0.384. The summed E-state index contributed by atoms with van der Waals surface area (Å²) in [6.45, 7) is 0.558. The van der Waals surface area contributed by atoms with E-state index in [4.69, 9.17) is 14.2 Å². The smallest absolute Gasteiger partial charge is 0.269 e. The Kier molecular flexibility index (Phi) is 5.93. The molecule has 1 aliphatic heterocycles. The third-order valence-electron chi connectivity index (χ3n) is 4.48. The molecule has 0 spiro atoms. The van der Waals surface area contributed by atoms with Crippen molar-refractivity contribution in [1.29, 1.82) is 0 Å². The van der Waals surface area contributed by atoms with Gasteiger partial charge in [-0.25, -0.2) is 0 Å². The minimum Gasteiger partial charge on any atom is -0.496 e. The van der Waals surface area contributed by atoms with E-state index >= 15 is 0 Å². The Hall–Kier alpha value is -2.94. The molecule has 0 aromatic heterocycles. The second-order valence-electron chi connectivity index (χ2n) is 5.97. The molecule has 28 heavy (non-hydrogen) atoms. The number of amides is 1. The highest BCUT2D eigenvalue weighted by Crippen LogP contribution is 2.46. The molecule has 0 N–H and O–H groups in total. The molecule has 9 heteroatoms. The van der Waals surface area contributed by atoms with Crippen molar-refractivity contribution in [3.8, 4) is 17.2 Å². The van der Waals surface area contributed by atoms with Crippen molar-refractivity contribution in [2.75, 3.05) is 33.6 Å². The third-order valence-corrected chi connectivity index (χ3v) is 5.72. The molecule has 1 fully saturated rings. The Labute approximate surface area is 166 Å². The van der Waals surface area contributed by atoms with Gasteiger partial charge in [0.1, 0.15) is 11.1 Å². The summed E-state index contributed by atoms with van der Waals surface area (Å²) in [6, 6.07) is 9.18. The number of benzene rings is 2. The van der Waals surface area contributed by atoms with Crippen molar-refractivity contribution in [3.63, 3.8) is 0 Å². The number of methoxy groups -OCH3 is 3. The van der Waals surface area contributed by atoms with Gasteiger partial charge in [-0.1, -0.05) is 0 Å². The largest absolute Gasteiger partial charge is 0.496 e. The molecule has 0 saturated carbocycles. The first-order chi connectivity index (χ1) is 13.5. The number of thioether (sulfide) groups is 1. The van der Waals surface area contributed by atoms with Gasteiger partial charge in [-0.15, -0.1) is 11.8 Å². The average Bonchev–Trinajstić information content (AvgIpc) is 3.21. The Morgan fingerprint density at radius 1 is 1.07 bits per heavy atom. The zero-order chi connectivity index (χ0) is 20.3. The Balaban J connectivity index is 1.94. The molecule has 1 atom stereocenters. The van der Waals surface area contributed by atoms with Gasteiger partial charge in [-0.3, -0.25) is 14.9 Å². The van der Waals surface area contributed by atoms with Gasteiger partial charge in [-0.2, -0.15) is 0 Å². The normalized spacial score (nSPS) is 16.0. The van der Waals surface area contributed by atoms with E-state index < -0.39 is 4.92 Å². The van der Waals surface area contributed by atoms with Crippen molar-refractivity contribution >= 4 is 23.4 Å². The molecule has 1 amide bonds. The fraction of sp³-hybridized carbons (Fsp3) is 0.316. The predicted molar refractivity (Wildman–Crippen MR) is 105 cm³/mol. The van der Waals surface area contributed by atoms with E-state index in [0.717, 1.165) is 11.3 Å². The summed E-state index contributed by atoms with van der Waals surface area (Å²) >= 11 is 1.62. The minimum absolute atomic E-state index is 0.0505. The summed E-state index contributed by atoms with van der Waals surface area (Å²) in [4.78, 5) is 25.1. The van der Waals surface area contributed by atoms with Gasteiger partial charge in [0.25, 0.3) is 11.6 Å². The van der Waals surface area contributed by atoms with Crippen molar-refractivity contribution < 1.29 is 23.9 Å². The maximum atomic E-state index is 13.0. The van der Waals surface area contributed by atoms with Crippen LogP contribution in [0.1, 0.15) is 21.3 Å². The van der Waals surface area contributed by atoms with Crippen LogP contribution in [-0.4, -0.2) is 49.4 Å². The molecule has 1 heterocycles. The summed E-state index contributed by atoms with van der Waals surface area (Å²) in [5.41, 5.74) is 1.15. The number of carbonyl (C=O) groups is 1. The number of ether oxygens (including phenoxy) is 3. The van der Waals surface area contributed by atoms with Crippen molar-refractivity contribution in [3.05, 3.63) is 57.6 Å². The number of nitro benzene ring substituents is 1. The number of non-ortho nitro benzene ring substituents is 1. The molecule has 3 rings (SSSR count). The molecule has 0 radical (unpaired) electrons. The van der Waals surface area contributed by atoms with Gasteiger partial charge in [0.05, 0.1) is 26.3 Å². The standard InChI is InChI=1S/C19H20N2O6S/c1-25-15-11-17(27-3)16(26-2)10-14(15)19-20(8-9-28-19)18(22)12-4-6-13(7-5-12)21(23)24/h4-7,10-11,19H,8-9H2,1-3H3. The van der Waals surface area contributed by atoms with Gasteiger partial charge in [-0.05, 0) is 18.2 Å². The highest BCUT2D eigenvalue weighted by Gasteiger charge is 2.34. The number of nitrogens with zero attached hydrogens (tertiary/aromatic N) is 2. The highest BCUT2D eigenvalue weighted by molar-refractivity contribution is 7.99. The van der Waals surface area contributed by atoms with Crippen LogP contribution in [0, 0.1) is 10.1 Å². The molecular weight excluding hydrogens is 384 g/mol. The fourth-order valence-corrected chi connectivity index (χ4v) is 4.34. The number of carbonyl (C=O) groups excluding carboxylic acids is 1. The van der Waals surface area contributed by atoms with Crippen molar-refractivity contribution in [2.45, 2.75) is 5.37 Å². The molecule has 148 valence electrons. The molecule has 1 saturated heterocycles. The second kappa shape index (κ2) is 8.39. The van der Waals surface area contributed by atoms with Crippen LogP contribution in [0.15, 0.2) is 36.4 Å². The first kappa shape index (κ1) is 19.8. The maximum absolute atomic E-state index is 13.0. The van der Waals surface area contributed by atoms with E-state index in [1.807, 2.05) is 6.07 Å². The van der Waals surface area contributed by atoms with Crippen molar-refractivity contribution in [1.82, 2.24) is 4.90 Å². The second-order valence-corrected chi connectivity index (χ2v) is 7.16. The molecule has 8 nitrogen and oxygen atoms in total. The van der Waals surface area contributed by atoms with Crippen LogP contribution in [0.3, 0.4) is 0 Å². The molecule has 0 bridgehead atoms. The maximum Gasteiger partial charge on any atom is 0.269 e. The zero-order valence-corrected chi connectivity index (χ0v) is 16.5. The van der Waals surface area contributed by atoms with Crippen LogP contribution < -0.4 is 14.2 Å². The van der Waals surface area contributed by atoms with Gasteiger partial charge in [0.2, 0.25) is 0 Å². The average molecular weight is 404 g/mol. The number of hydrogen-bond donors (Lipinski definition) is 0. The van der Waals surface area contributed by atoms with Crippen LogP contribution in [0.5, 0.6) is 17.2 Å². The van der Waals surface area contributed by atoms with Crippen LogP contribution in [0.4, 0.5) is 5.69 Å². The summed E-state index contributed by atoms with van der Waals surface area (Å²) in [5.74, 6) is 2.26. The number of hydrogen-bond acceptors (Lipinski definition) is 7. The van der Waals surface area contributed by atoms with E-state index in [0.29, 0.717) is 29.4 Å². The van der Waals surface area contributed by atoms with E-state index in [2.05, 4.69) is 0 Å². The third kappa shape index (κ3) is 3.70. The Morgan fingerprint density at radius 2 is 1.68 bits per heavy atom. The monoisotopic (exact) mass is 404 g/mol. The SMILES string of the molecule is COc1cc(OC)c(C2SCCN2C(=O)c2ccc([N+](=O)[O-])cc2)cc1OC. The Morgan fingerprint density at radius 3 is 2.25 bits per heavy atom. The number of nitro groups is 1. The molecule has 2 aromatic carbocycles. The van der Waals surface area contributed by atoms with E-state index in [-0.39, 0.29) is 17.0 Å². The van der Waals surface area contributed by atoms with Crippen molar-refractivity contribution in [2.24, 2.45) is 0 Å². The van der Waals surface area contributed by atoms with Gasteiger partial charge in [0.15, 0.2) is 11.5 Å². The molecule has 0 aliphatic carbocycles. The summed E-state index contributed by atoms with van der Waals surface area (Å²) in [7, 11) is 4.66. The molecule has 1 aliphatic rings. The first-order valence-corrected chi connectivity index (χ1v) is 9.52. The van der Waals surface area contributed by atoms with Crippen LogP contribution in [-0.2, 0) is 0 Å². The lowest BCUT2D eigenvalue weighted by atomic mass is 10.1. The van der Waals surface area contributed by atoms with E-state index in [1.54, 1.807) is 44.1 Å². The van der Waals surface area contributed by atoms with Gasteiger partial charge < -0.3 is 19.1 Å². The predicted octanol–water partition coefficient (Wildman–Crippen LogP) is 3.51. The highest BCUT2D eigenvalue weighted by atomic mass is 32.2. The summed E-state index contributed by atoms with van der Waals surface area (Å²) in [6.07, 6.45) is 0. The molecule has 1 unspecified atom stereocenters. The minimum atomic E-state index is -0.489. The topological polar surface area (TPSA) is 91.1 Å². The lowest BCUT2D eigenvalue weighted by Crippen LogP contribution is -2.30. The van der Waals surface area contributed by atoms with Crippen LogP contribution >= 0.6 is 11.8 Å². The first-order valence-electron chi connectivity index (χ1n) is 8.47. The quantitative estimate of drug-likeness (QED) is 0.537. The zero-order valence-electron chi connectivity index (χ0n) is 15.7. The fourth-order valence-electron chi connectivity index (χ4n) is 3.07. The number of rotatable bonds is 6. The Bertz CT molecular complexity index is 887. The van der Waals surface area contributed by atoms with Gasteiger partial charge in [0, 0.05) is 41.6 Å². The van der Waals surface area contributed by atoms with E-state index in [1.165, 1.54) is 24.3 Å².